The van der Waals surface area contributed by atoms with Crippen molar-refractivity contribution in [2.75, 3.05) is 7.05 Å². The van der Waals surface area contributed by atoms with Crippen LogP contribution in [0.3, 0.4) is 0 Å². The van der Waals surface area contributed by atoms with Crippen molar-refractivity contribution in [2.45, 2.75) is 25.3 Å². The standard InChI is InChI=1S/C17H19Cl2N/c1-12(13-6-4-3-5-7-13)17(20-2)11-14-10-15(18)8-9-16(14)19/h3-10,12,17,20H,11H2,1-2H3. The van der Waals surface area contributed by atoms with Gasteiger partial charge in [0.1, 0.15) is 0 Å². The van der Waals surface area contributed by atoms with Crippen LogP contribution >= 0.6 is 23.2 Å². The minimum absolute atomic E-state index is 0.313. The van der Waals surface area contributed by atoms with E-state index in [0.29, 0.717) is 12.0 Å². The summed E-state index contributed by atoms with van der Waals surface area (Å²) in [6.07, 6.45) is 0.853. The number of rotatable bonds is 5. The SMILES string of the molecule is CNC(Cc1cc(Cl)ccc1Cl)C(C)c1ccccc1. The molecule has 0 spiro atoms. The zero-order chi connectivity index (χ0) is 14.5. The van der Waals surface area contributed by atoms with Crippen LogP contribution in [0.4, 0.5) is 0 Å². The summed E-state index contributed by atoms with van der Waals surface area (Å²) in [5, 5.41) is 4.90. The van der Waals surface area contributed by atoms with Gasteiger partial charge in [0, 0.05) is 16.1 Å². The molecule has 1 nitrogen and oxygen atoms in total. The Kier molecular flexibility index (Phi) is 5.47. The first-order valence-electron chi connectivity index (χ1n) is 6.78. The third-order valence-corrected chi connectivity index (χ3v) is 4.35. The second-order valence-electron chi connectivity index (χ2n) is 5.03. The lowest BCUT2D eigenvalue weighted by Gasteiger charge is -2.24. The Hall–Kier alpha value is -1.02. The summed E-state index contributed by atoms with van der Waals surface area (Å²) in [4.78, 5) is 0. The normalized spacial score (nSPS) is 14.0. The summed E-state index contributed by atoms with van der Waals surface area (Å²) < 4.78 is 0. The number of nitrogens with one attached hydrogen (secondary N) is 1. The van der Waals surface area contributed by atoms with E-state index >= 15 is 0 Å². The molecule has 2 rings (SSSR count). The van der Waals surface area contributed by atoms with E-state index in [4.69, 9.17) is 23.2 Å². The third kappa shape index (κ3) is 3.76. The average Bonchev–Trinajstić information content (AvgIpc) is 2.48. The van der Waals surface area contributed by atoms with Gasteiger partial charge < -0.3 is 5.32 Å². The maximum atomic E-state index is 6.26. The highest BCUT2D eigenvalue weighted by atomic mass is 35.5. The number of halogens is 2. The Bertz CT molecular complexity index is 554. The minimum atomic E-state index is 0.313. The number of hydrogen-bond donors (Lipinski definition) is 1. The van der Waals surface area contributed by atoms with E-state index in [1.807, 2.05) is 31.3 Å². The maximum absolute atomic E-state index is 6.26. The zero-order valence-corrected chi connectivity index (χ0v) is 13.2. The highest BCUT2D eigenvalue weighted by molar-refractivity contribution is 6.33. The fourth-order valence-electron chi connectivity index (χ4n) is 2.45. The molecule has 0 heterocycles. The van der Waals surface area contributed by atoms with Crippen LogP contribution in [-0.4, -0.2) is 13.1 Å². The van der Waals surface area contributed by atoms with Crippen molar-refractivity contribution in [3.8, 4) is 0 Å². The summed E-state index contributed by atoms with van der Waals surface area (Å²) >= 11 is 12.3. The Labute approximate surface area is 130 Å². The summed E-state index contributed by atoms with van der Waals surface area (Å²) in [7, 11) is 1.99. The molecular weight excluding hydrogens is 289 g/mol. The van der Waals surface area contributed by atoms with Gasteiger partial charge in [0.2, 0.25) is 0 Å². The van der Waals surface area contributed by atoms with Crippen molar-refractivity contribution in [2.24, 2.45) is 0 Å². The van der Waals surface area contributed by atoms with E-state index in [2.05, 4.69) is 36.5 Å². The fourth-order valence-corrected chi connectivity index (χ4v) is 2.84. The number of likely N-dealkylation sites (N-methyl/N-ethyl adjacent to an activating group) is 1. The number of hydrogen-bond acceptors (Lipinski definition) is 1. The van der Waals surface area contributed by atoms with Gasteiger partial charge in [0.25, 0.3) is 0 Å². The predicted octanol–water partition coefficient (Wildman–Crippen LogP) is 4.93. The second-order valence-corrected chi connectivity index (χ2v) is 5.88. The molecule has 106 valence electrons. The van der Waals surface area contributed by atoms with E-state index in [1.54, 1.807) is 0 Å². The maximum Gasteiger partial charge on any atom is 0.0439 e. The fraction of sp³-hybridized carbons (Fsp3) is 0.294. The predicted molar refractivity (Wildman–Crippen MR) is 87.9 cm³/mol. The van der Waals surface area contributed by atoms with E-state index in [1.165, 1.54) is 5.56 Å². The molecular formula is C17H19Cl2N. The first-order chi connectivity index (χ1) is 9.61. The molecule has 0 saturated carbocycles. The molecule has 0 radical (unpaired) electrons. The summed E-state index contributed by atoms with van der Waals surface area (Å²) in [6.45, 7) is 2.23. The molecule has 0 aliphatic heterocycles. The molecule has 0 aromatic heterocycles. The molecule has 3 heteroatoms. The first kappa shape index (κ1) is 15.4. The highest BCUT2D eigenvalue weighted by Gasteiger charge is 2.18. The Morgan fingerprint density at radius 1 is 1.05 bits per heavy atom. The largest absolute Gasteiger partial charge is 0.316 e. The summed E-state index contributed by atoms with van der Waals surface area (Å²) in [5.41, 5.74) is 2.41. The lowest BCUT2D eigenvalue weighted by molar-refractivity contribution is 0.483. The average molecular weight is 308 g/mol. The molecule has 0 aliphatic rings. The lowest BCUT2D eigenvalue weighted by atomic mass is 9.89. The Balaban J connectivity index is 2.18. The molecule has 2 unspecified atom stereocenters. The minimum Gasteiger partial charge on any atom is -0.316 e. The first-order valence-corrected chi connectivity index (χ1v) is 7.53. The van der Waals surface area contributed by atoms with E-state index in [9.17, 15) is 0 Å². The molecule has 0 fully saturated rings. The van der Waals surface area contributed by atoms with Crippen LogP contribution in [0, 0.1) is 0 Å². The van der Waals surface area contributed by atoms with Gasteiger partial charge in [0.15, 0.2) is 0 Å². The molecule has 2 atom stereocenters. The van der Waals surface area contributed by atoms with Gasteiger partial charge in [-0.2, -0.15) is 0 Å². The second kappa shape index (κ2) is 7.12. The molecule has 0 bridgehead atoms. The van der Waals surface area contributed by atoms with Crippen molar-refractivity contribution >= 4 is 23.2 Å². The Morgan fingerprint density at radius 3 is 2.40 bits per heavy atom. The van der Waals surface area contributed by atoms with E-state index < -0.39 is 0 Å². The highest BCUT2D eigenvalue weighted by Crippen LogP contribution is 2.26. The third-order valence-electron chi connectivity index (χ3n) is 3.75. The molecule has 20 heavy (non-hydrogen) atoms. The smallest absolute Gasteiger partial charge is 0.0439 e. The zero-order valence-electron chi connectivity index (χ0n) is 11.7. The molecule has 0 aliphatic carbocycles. The van der Waals surface area contributed by atoms with E-state index in [0.717, 1.165) is 22.0 Å². The lowest BCUT2D eigenvalue weighted by Crippen LogP contribution is -2.33. The summed E-state index contributed by atoms with van der Waals surface area (Å²) in [6, 6.07) is 16.5. The molecule has 0 amide bonds. The van der Waals surface area contributed by atoms with Crippen molar-refractivity contribution in [3.63, 3.8) is 0 Å². The quantitative estimate of drug-likeness (QED) is 0.826. The van der Waals surface area contributed by atoms with Gasteiger partial charge in [-0.1, -0.05) is 60.5 Å². The van der Waals surface area contributed by atoms with E-state index in [-0.39, 0.29) is 0 Å². The van der Waals surface area contributed by atoms with Gasteiger partial charge in [-0.25, -0.2) is 0 Å². The molecule has 0 saturated heterocycles. The van der Waals surface area contributed by atoms with Gasteiger partial charge in [0.05, 0.1) is 0 Å². The van der Waals surface area contributed by atoms with Crippen LogP contribution in [0.5, 0.6) is 0 Å². The number of benzene rings is 2. The van der Waals surface area contributed by atoms with Crippen molar-refractivity contribution in [3.05, 3.63) is 69.7 Å². The van der Waals surface area contributed by atoms with Gasteiger partial charge >= 0.3 is 0 Å². The monoisotopic (exact) mass is 307 g/mol. The Morgan fingerprint density at radius 2 is 1.75 bits per heavy atom. The summed E-state index contributed by atoms with van der Waals surface area (Å²) in [5.74, 6) is 0.399. The van der Waals surface area contributed by atoms with Gasteiger partial charge in [-0.3, -0.25) is 0 Å². The van der Waals surface area contributed by atoms with Crippen LogP contribution in [-0.2, 0) is 6.42 Å². The molecule has 2 aromatic carbocycles. The van der Waals surface area contributed by atoms with Gasteiger partial charge in [-0.05, 0) is 48.7 Å². The van der Waals surface area contributed by atoms with Crippen molar-refractivity contribution < 1.29 is 0 Å². The van der Waals surface area contributed by atoms with Crippen LogP contribution in [0.15, 0.2) is 48.5 Å². The van der Waals surface area contributed by atoms with Crippen LogP contribution in [0.25, 0.3) is 0 Å². The topological polar surface area (TPSA) is 12.0 Å². The van der Waals surface area contributed by atoms with Crippen LogP contribution in [0.2, 0.25) is 10.0 Å². The van der Waals surface area contributed by atoms with Crippen molar-refractivity contribution in [1.82, 2.24) is 5.32 Å². The van der Waals surface area contributed by atoms with Crippen LogP contribution in [0.1, 0.15) is 24.0 Å². The molecule has 2 aromatic rings. The molecule has 1 N–H and O–H groups in total. The van der Waals surface area contributed by atoms with Gasteiger partial charge in [-0.15, -0.1) is 0 Å². The van der Waals surface area contributed by atoms with Crippen LogP contribution < -0.4 is 5.32 Å². The van der Waals surface area contributed by atoms with Crippen molar-refractivity contribution in [1.29, 1.82) is 0 Å².